The number of aliphatic carboxylic acids is 1. The summed E-state index contributed by atoms with van der Waals surface area (Å²) in [6.45, 7) is 5.70. The maximum absolute atomic E-state index is 13.8. The van der Waals surface area contributed by atoms with Gasteiger partial charge >= 0.3 is 5.97 Å². The van der Waals surface area contributed by atoms with Crippen molar-refractivity contribution in [3.63, 3.8) is 0 Å². The van der Waals surface area contributed by atoms with Gasteiger partial charge in [-0.3, -0.25) is 9.10 Å². The van der Waals surface area contributed by atoms with Crippen LogP contribution in [0.1, 0.15) is 56.4 Å². The van der Waals surface area contributed by atoms with Crippen LogP contribution in [0.5, 0.6) is 0 Å². The molecule has 0 fully saturated rings. The van der Waals surface area contributed by atoms with E-state index in [1.807, 2.05) is 13.8 Å². The molecular formula is C26H33FN2O7S. The van der Waals surface area contributed by atoms with Crippen molar-refractivity contribution in [2.45, 2.75) is 64.4 Å². The van der Waals surface area contributed by atoms with Gasteiger partial charge in [0.25, 0.3) is 0 Å². The smallest absolute Gasteiger partial charge is 0.305 e. The maximum atomic E-state index is 13.8. The molecule has 3 rings (SSSR count). The number of hydrogen-bond donors (Lipinski definition) is 3. The van der Waals surface area contributed by atoms with Gasteiger partial charge < -0.3 is 20.1 Å². The largest absolute Gasteiger partial charge is 0.481 e. The summed E-state index contributed by atoms with van der Waals surface area (Å²) >= 11 is 0. The lowest BCUT2D eigenvalue weighted by Crippen LogP contribution is -2.36. The third kappa shape index (κ3) is 7.13. The Morgan fingerprint density at radius 1 is 1.27 bits per heavy atom. The maximum Gasteiger partial charge on any atom is 0.305 e. The molecule has 0 aliphatic carbocycles. The first kappa shape index (κ1) is 28.7. The van der Waals surface area contributed by atoms with Gasteiger partial charge in [-0.25, -0.2) is 17.8 Å². The molecule has 0 bridgehead atoms. The molecule has 37 heavy (non-hydrogen) atoms. The number of aromatic nitrogens is 1. The number of aliphatic hydroxyl groups is 2. The minimum Gasteiger partial charge on any atom is -0.481 e. The van der Waals surface area contributed by atoms with Crippen molar-refractivity contribution >= 4 is 27.9 Å². The molecule has 0 amide bonds. The predicted octanol–water partition coefficient (Wildman–Crippen LogP) is 3.30. The van der Waals surface area contributed by atoms with E-state index in [4.69, 9.17) is 14.8 Å². The van der Waals surface area contributed by atoms with Gasteiger partial charge in [-0.2, -0.15) is 0 Å². The fraction of sp³-hybridized carbons (Fsp3) is 0.462. The molecule has 11 heteroatoms. The first-order chi connectivity index (χ1) is 17.3. The molecule has 0 unspecified atom stereocenters. The average Bonchev–Trinajstić information content (AvgIpc) is 2.95. The minimum atomic E-state index is -3.71. The highest BCUT2D eigenvalue weighted by atomic mass is 32.2. The highest BCUT2D eigenvalue weighted by Crippen LogP contribution is 2.40. The summed E-state index contributed by atoms with van der Waals surface area (Å²) < 4.78 is 46.5. The monoisotopic (exact) mass is 536 g/mol. The van der Waals surface area contributed by atoms with E-state index in [1.165, 1.54) is 22.5 Å². The summed E-state index contributed by atoms with van der Waals surface area (Å²) in [4.78, 5) is 15.6. The molecule has 0 saturated carbocycles. The van der Waals surface area contributed by atoms with Crippen LogP contribution in [0.15, 0.2) is 30.3 Å². The third-order valence-electron chi connectivity index (χ3n) is 6.00. The van der Waals surface area contributed by atoms with Gasteiger partial charge in [0, 0.05) is 17.5 Å². The fourth-order valence-corrected chi connectivity index (χ4v) is 5.23. The van der Waals surface area contributed by atoms with E-state index < -0.39 is 46.5 Å². The molecular weight excluding hydrogens is 503 g/mol. The molecule has 0 spiro atoms. The summed E-state index contributed by atoms with van der Waals surface area (Å²) in [6, 6.07) is 5.77. The number of halogens is 1. The van der Waals surface area contributed by atoms with E-state index in [2.05, 4.69) is 0 Å². The van der Waals surface area contributed by atoms with Crippen LogP contribution in [0.4, 0.5) is 10.2 Å². The quantitative estimate of drug-likeness (QED) is 0.444. The minimum absolute atomic E-state index is 0.0569. The van der Waals surface area contributed by atoms with Crippen LogP contribution in [0, 0.1) is 5.82 Å². The second-order valence-corrected chi connectivity index (χ2v) is 11.5. The Morgan fingerprint density at radius 2 is 1.92 bits per heavy atom. The number of nitrogens with zero attached hydrogens (tertiary/aromatic N) is 2. The van der Waals surface area contributed by atoms with Crippen LogP contribution in [0.2, 0.25) is 0 Å². The topological polar surface area (TPSA) is 137 Å². The van der Waals surface area contributed by atoms with Crippen molar-refractivity contribution in [3.05, 3.63) is 53.0 Å². The number of ether oxygens (including phenoxy) is 1. The predicted molar refractivity (Wildman–Crippen MR) is 138 cm³/mol. The lowest BCUT2D eigenvalue weighted by Gasteiger charge is -2.26. The number of carboxylic acid groups (broad SMARTS) is 1. The molecule has 202 valence electrons. The Hall–Kier alpha value is -2.86. The summed E-state index contributed by atoms with van der Waals surface area (Å²) in [7, 11) is -3.71. The number of anilines is 1. The summed E-state index contributed by atoms with van der Waals surface area (Å²) in [6.07, 6.45) is 0.673. The zero-order chi connectivity index (χ0) is 27.5. The molecule has 1 aliphatic rings. The zero-order valence-electron chi connectivity index (χ0n) is 21.3. The Bertz CT molecular complexity index is 1260. The molecule has 9 nitrogen and oxygen atoms in total. The van der Waals surface area contributed by atoms with Gasteiger partial charge in [0.05, 0.1) is 49.8 Å². The zero-order valence-corrected chi connectivity index (χ0v) is 22.1. The number of aliphatic hydroxyl groups excluding tert-OH is 2. The van der Waals surface area contributed by atoms with E-state index in [9.17, 15) is 27.8 Å². The first-order valence-corrected chi connectivity index (χ1v) is 13.8. The standard InChI is InChI=1S/C26H33FN2O7S/c1-15(2)25-21(10-9-19(30)11-20(31)12-23(32)33)24(17-5-7-18(27)8-6-17)22-14-36-16(3)13-29(26(22)28-25)37(4,34)35/h5-10,15-16,19-20,30-31H,11-14H2,1-4H3,(H,32,33)/b10-9+/t16-,19+,20+/m0/s1. The van der Waals surface area contributed by atoms with E-state index in [0.717, 1.165) is 6.26 Å². The number of benzene rings is 1. The van der Waals surface area contributed by atoms with Gasteiger partial charge in [-0.15, -0.1) is 0 Å². The van der Waals surface area contributed by atoms with Crippen molar-refractivity contribution in [3.8, 4) is 11.1 Å². The van der Waals surface area contributed by atoms with Crippen LogP contribution >= 0.6 is 0 Å². The molecule has 1 aromatic heterocycles. The second kappa shape index (κ2) is 11.7. The molecule has 0 saturated heterocycles. The van der Waals surface area contributed by atoms with Gasteiger partial charge in [-0.05, 0) is 36.1 Å². The van der Waals surface area contributed by atoms with E-state index in [1.54, 1.807) is 25.1 Å². The number of rotatable bonds is 9. The Morgan fingerprint density at radius 3 is 2.49 bits per heavy atom. The lowest BCUT2D eigenvalue weighted by molar-refractivity contribution is -0.139. The van der Waals surface area contributed by atoms with Crippen LogP contribution < -0.4 is 4.31 Å². The molecule has 1 aromatic carbocycles. The van der Waals surface area contributed by atoms with Crippen molar-refractivity contribution in [1.82, 2.24) is 4.98 Å². The van der Waals surface area contributed by atoms with E-state index in [-0.39, 0.29) is 31.3 Å². The van der Waals surface area contributed by atoms with Gasteiger partial charge in [0.2, 0.25) is 10.0 Å². The van der Waals surface area contributed by atoms with Crippen LogP contribution in [-0.4, -0.2) is 65.8 Å². The van der Waals surface area contributed by atoms with Gasteiger partial charge in [0.15, 0.2) is 0 Å². The highest BCUT2D eigenvalue weighted by Gasteiger charge is 2.32. The SMILES string of the molecule is CC(C)c1nc2c(c(-c3ccc(F)cc3)c1/C=C/[C@@H](O)C[C@@H](O)CC(=O)O)CO[C@@H](C)CN2S(C)(=O)=O. The Balaban J connectivity index is 2.26. The molecule has 2 aromatic rings. The lowest BCUT2D eigenvalue weighted by atomic mass is 9.90. The highest BCUT2D eigenvalue weighted by molar-refractivity contribution is 7.92. The van der Waals surface area contributed by atoms with Crippen LogP contribution in [0.25, 0.3) is 17.2 Å². The van der Waals surface area contributed by atoms with Crippen molar-refractivity contribution in [1.29, 1.82) is 0 Å². The normalized spacial score (nSPS) is 18.1. The molecule has 2 heterocycles. The molecule has 0 radical (unpaired) electrons. The van der Waals surface area contributed by atoms with E-state index in [0.29, 0.717) is 27.9 Å². The summed E-state index contributed by atoms with van der Waals surface area (Å²) in [5, 5.41) is 29.2. The number of carbonyl (C=O) groups is 1. The van der Waals surface area contributed by atoms with E-state index >= 15 is 0 Å². The van der Waals surface area contributed by atoms with Gasteiger partial charge in [0.1, 0.15) is 11.6 Å². The second-order valence-electron chi connectivity index (χ2n) is 9.58. The number of pyridine rings is 1. The van der Waals surface area contributed by atoms with Crippen molar-refractivity contribution < 1.29 is 37.7 Å². The summed E-state index contributed by atoms with van der Waals surface area (Å²) in [5.74, 6) is -1.54. The first-order valence-electron chi connectivity index (χ1n) is 12.0. The molecule has 3 atom stereocenters. The van der Waals surface area contributed by atoms with Crippen molar-refractivity contribution in [2.24, 2.45) is 0 Å². The van der Waals surface area contributed by atoms with Crippen molar-refractivity contribution in [2.75, 3.05) is 17.1 Å². The Kier molecular flexibility index (Phi) is 9.06. The Labute approximate surface area is 216 Å². The number of sulfonamides is 1. The molecule has 1 aliphatic heterocycles. The fourth-order valence-electron chi connectivity index (χ4n) is 4.28. The number of carboxylic acids is 1. The van der Waals surface area contributed by atoms with Crippen LogP contribution in [0.3, 0.4) is 0 Å². The van der Waals surface area contributed by atoms with Gasteiger partial charge in [-0.1, -0.05) is 38.1 Å². The third-order valence-corrected chi connectivity index (χ3v) is 7.13. The summed E-state index contributed by atoms with van der Waals surface area (Å²) in [5.41, 5.74) is 2.83. The number of hydrogen-bond acceptors (Lipinski definition) is 7. The molecule has 3 N–H and O–H groups in total. The number of fused-ring (bicyclic) bond motifs is 1. The van der Waals surface area contributed by atoms with Crippen LogP contribution in [-0.2, 0) is 26.2 Å². The average molecular weight is 537 g/mol.